The molecular weight excluding hydrogens is 719 g/mol. The fourth-order valence-corrected chi connectivity index (χ4v) is 9.40. The van der Waals surface area contributed by atoms with Crippen LogP contribution in [0.4, 0.5) is 0 Å². The molecule has 0 saturated carbocycles. The first-order valence-electron chi connectivity index (χ1n) is 18.9. The van der Waals surface area contributed by atoms with Crippen molar-refractivity contribution in [2.75, 3.05) is 0 Å². The number of thiophene rings is 1. The topological polar surface area (TPSA) is 65.0 Å². The molecule has 12 rings (SSSR count). The molecule has 0 spiro atoms. The fraction of sp³-hybridized carbons (Fsp3) is 0. The monoisotopic (exact) mass is 747 g/mol. The standard InChI is InChI=1S/C51H29N3O2S/c1-3-11-30(12-4-1)49-52-50(31-13-5-2-6-14-31)54-51(53-49)34-21-24-40-39-23-20-33(28-45(39)57-46(40)29-34)36-26-25-35(47-41-16-8-10-18-43(41)56-48(36)47)32-19-22-38-37-15-7-9-17-42(37)55-44(38)27-32/h1-29H. The van der Waals surface area contributed by atoms with E-state index in [2.05, 4.69) is 97.1 Å². The highest BCUT2D eigenvalue weighted by molar-refractivity contribution is 7.25. The zero-order chi connectivity index (χ0) is 37.5. The molecule has 0 atom stereocenters. The molecule has 0 aliphatic carbocycles. The lowest BCUT2D eigenvalue weighted by molar-refractivity contribution is 0.668. The van der Waals surface area contributed by atoms with E-state index in [9.17, 15) is 0 Å². The molecule has 0 amide bonds. The smallest absolute Gasteiger partial charge is 0.164 e. The molecule has 12 aromatic rings. The van der Waals surface area contributed by atoms with E-state index in [1.165, 1.54) is 20.2 Å². The Morgan fingerprint density at radius 1 is 0.333 bits per heavy atom. The number of fused-ring (bicyclic) bond motifs is 9. The van der Waals surface area contributed by atoms with Gasteiger partial charge in [0.05, 0.1) is 0 Å². The quantitative estimate of drug-likeness (QED) is 0.175. The maximum atomic E-state index is 6.72. The van der Waals surface area contributed by atoms with Gasteiger partial charge in [-0.2, -0.15) is 0 Å². The van der Waals surface area contributed by atoms with Crippen molar-refractivity contribution in [2.24, 2.45) is 0 Å². The number of rotatable bonds is 5. The largest absolute Gasteiger partial charge is 0.456 e. The Kier molecular flexibility index (Phi) is 7.03. The van der Waals surface area contributed by atoms with E-state index in [0.29, 0.717) is 17.5 Å². The SMILES string of the molecule is c1ccc(-c2nc(-c3ccccc3)nc(-c3ccc4c(c3)sc3cc(-c5ccc(-c6ccc7c(c6)oc6ccccc67)c6c5oc5ccccc56)ccc34)n2)cc1. The minimum Gasteiger partial charge on any atom is -0.456 e. The maximum absolute atomic E-state index is 6.72. The molecule has 4 heterocycles. The van der Waals surface area contributed by atoms with E-state index in [4.69, 9.17) is 23.8 Å². The normalized spacial score (nSPS) is 11.9. The summed E-state index contributed by atoms with van der Waals surface area (Å²) in [5.74, 6) is 1.95. The van der Waals surface area contributed by atoms with Crippen LogP contribution in [0.3, 0.4) is 0 Å². The summed E-state index contributed by atoms with van der Waals surface area (Å²) in [5.41, 5.74) is 10.7. The third-order valence-electron chi connectivity index (χ3n) is 11.0. The molecule has 0 aliphatic rings. The first-order chi connectivity index (χ1) is 28.2. The summed E-state index contributed by atoms with van der Waals surface area (Å²) in [4.78, 5) is 14.8. The Labute approximate surface area is 330 Å². The zero-order valence-electron chi connectivity index (χ0n) is 30.3. The van der Waals surface area contributed by atoms with Crippen LogP contribution in [0.2, 0.25) is 0 Å². The highest BCUT2D eigenvalue weighted by atomic mass is 32.1. The van der Waals surface area contributed by atoms with Crippen LogP contribution in [0, 0.1) is 0 Å². The number of furan rings is 2. The van der Waals surface area contributed by atoms with E-state index in [-0.39, 0.29) is 0 Å². The van der Waals surface area contributed by atoms with Crippen LogP contribution in [0.5, 0.6) is 0 Å². The van der Waals surface area contributed by atoms with Crippen LogP contribution in [-0.2, 0) is 0 Å². The first-order valence-corrected chi connectivity index (χ1v) is 19.7. The second-order valence-corrected chi connectivity index (χ2v) is 15.4. The van der Waals surface area contributed by atoms with Gasteiger partial charge in [-0.1, -0.05) is 133 Å². The highest BCUT2D eigenvalue weighted by Gasteiger charge is 2.20. The van der Waals surface area contributed by atoms with Gasteiger partial charge in [-0.15, -0.1) is 11.3 Å². The molecular formula is C51H29N3O2S. The van der Waals surface area contributed by atoms with Crippen LogP contribution in [-0.4, -0.2) is 15.0 Å². The van der Waals surface area contributed by atoms with Crippen LogP contribution >= 0.6 is 11.3 Å². The Morgan fingerprint density at radius 3 is 1.51 bits per heavy atom. The summed E-state index contributed by atoms with van der Waals surface area (Å²) in [6.07, 6.45) is 0. The number of benzene rings is 8. The highest BCUT2D eigenvalue weighted by Crippen LogP contribution is 2.45. The van der Waals surface area contributed by atoms with Gasteiger partial charge >= 0.3 is 0 Å². The average molecular weight is 748 g/mol. The van der Waals surface area contributed by atoms with Crippen molar-refractivity contribution in [1.82, 2.24) is 15.0 Å². The lowest BCUT2D eigenvalue weighted by Gasteiger charge is -2.09. The molecule has 5 nitrogen and oxygen atoms in total. The summed E-state index contributed by atoms with van der Waals surface area (Å²) >= 11 is 1.78. The van der Waals surface area contributed by atoms with Gasteiger partial charge in [-0.3, -0.25) is 0 Å². The third kappa shape index (κ3) is 5.19. The summed E-state index contributed by atoms with van der Waals surface area (Å²) in [5, 5.41) is 6.85. The van der Waals surface area contributed by atoms with Crippen molar-refractivity contribution in [3.63, 3.8) is 0 Å². The average Bonchev–Trinajstić information content (AvgIpc) is 3.97. The minimum atomic E-state index is 0.648. The van der Waals surface area contributed by atoms with Crippen molar-refractivity contribution >= 4 is 75.4 Å². The molecule has 0 unspecified atom stereocenters. The summed E-state index contributed by atoms with van der Waals surface area (Å²) < 4.78 is 15.4. The Hall–Kier alpha value is -7.41. The Balaban J connectivity index is 0.978. The molecule has 266 valence electrons. The van der Waals surface area contributed by atoms with Crippen molar-refractivity contribution in [3.05, 3.63) is 176 Å². The van der Waals surface area contributed by atoms with Crippen molar-refractivity contribution < 1.29 is 8.83 Å². The Morgan fingerprint density at radius 2 is 0.825 bits per heavy atom. The molecule has 0 fully saturated rings. The molecule has 0 N–H and O–H groups in total. The van der Waals surface area contributed by atoms with Gasteiger partial charge in [0, 0.05) is 64.0 Å². The van der Waals surface area contributed by atoms with E-state index in [1.54, 1.807) is 11.3 Å². The number of para-hydroxylation sites is 2. The first kappa shape index (κ1) is 31.9. The van der Waals surface area contributed by atoms with Crippen LogP contribution in [0.25, 0.3) is 120 Å². The van der Waals surface area contributed by atoms with E-state index in [0.717, 1.165) is 82.8 Å². The van der Waals surface area contributed by atoms with E-state index < -0.39 is 0 Å². The maximum Gasteiger partial charge on any atom is 0.164 e. The van der Waals surface area contributed by atoms with E-state index >= 15 is 0 Å². The summed E-state index contributed by atoms with van der Waals surface area (Å²) in [7, 11) is 0. The Bertz CT molecular complexity index is 3470. The third-order valence-corrected chi connectivity index (χ3v) is 12.1. The molecule has 0 aliphatic heterocycles. The molecule has 4 aromatic heterocycles. The predicted octanol–water partition coefficient (Wildman–Crippen LogP) is 14.4. The van der Waals surface area contributed by atoms with Gasteiger partial charge < -0.3 is 8.83 Å². The summed E-state index contributed by atoms with van der Waals surface area (Å²) in [6.45, 7) is 0. The molecule has 57 heavy (non-hydrogen) atoms. The fourth-order valence-electron chi connectivity index (χ4n) is 8.21. The van der Waals surface area contributed by atoms with Gasteiger partial charge in [0.25, 0.3) is 0 Å². The van der Waals surface area contributed by atoms with Crippen LogP contribution < -0.4 is 0 Å². The predicted molar refractivity (Wildman–Crippen MR) is 234 cm³/mol. The second kappa shape index (κ2) is 12.6. The molecule has 8 aromatic carbocycles. The second-order valence-electron chi connectivity index (χ2n) is 14.3. The number of hydrogen-bond acceptors (Lipinski definition) is 6. The van der Waals surface area contributed by atoms with Gasteiger partial charge in [-0.05, 0) is 59.2 Å². The summed E-state index contributed by atoms with van der Waals surface area (Å²) in [6, 6.07) is 60.9. The zero-order valence-corrected chi connectivity index (χ0v) is 31.1. The van der Waals surface area contributed by atoms with Crippen molar-refractivity contribution in [3.8, 4) is 56.4 Å². The molecule has 0 radical (unpaired) electrons. The van der Waals surface area contributed by atoms with Crippen LogP contribution in [0.1, 0.15) is 0 Å². The van der Waals surface area contributed by atoms with Gasteiger partial charge in [0.1, 0.15) is 22.3 Å². The number of hydrogen-bond donors (Lipinski definition) is 0. The molecule has 0 bridgehead atoms. The van der Waals surface area contributed by atoms with Gasteiger partial charge in [-0.25, -0.2) is 15.0 Å². The minimum absolute atomic E-state index is 0.648. The lowest BCUT2D eigenvalue weighted by Crippen LogP contribution is -1.99. The van der Waals surface area contributed by atoms with Crippen molar-refractivity contribution in [2.45, 2.75) is 0 Å². The number of nitrogens with zero attached hydrogens (tertiary/aromatic N) is 3. The van der Waals surface area contributed by atoms with Crippen molar-refractivity contribution in [1.29, 1.82) is 0 Å². The van der Waals surface area contributed by atoms with E-state index in [1.807, 2.05) is 78.9 Å². The number of aromatic nitrogens is 3. The van der Waals surface area contributed by atoms with Gasteiger partial charge in [0.2, 0.25) is 0 Å². The molecule has 0 saturated heterocycles. The van der Waals surface area contributed by atoms with Gasteiger partial charge in [0.15, 0.2) is 17.5 Å². The lowest BCUT2D eigenvalue weighted by atomic mass is 9.94. The van der Waals surface area contributed by atoms with Crippen LogP contribution in [0.15, 0.2) is 185 Å². The molecule has 6 heteroatoms.